The molecular formula is C26H24N6OS. The number of hydrogen-bond donors (Lipinski definition) is 0. The Hall–Kier alpha value is -3.65. The third-order valence-corrected chi connectivity index (χ3v) is 7.29. The van der Waals surface area contributed by atoms with Crippen LogP contribution in [0.2, 0.25) is 0 Å². The summed E-state index contributed by atoms with van der Waals surface area (Å²) in [5.74, 6) is 1.33. The van der Waals surface area contributed by atoms with E-state index in [0.29, 0.717) is 11.4 Å². The van der Waals surface area contributed by atoms with Crippen molar-refractivity contribution in [2.24, 2.45) is 0 Å². The van der Waals surface area contributed by atoms with E-state index in [9.17, 15) is 4.79 Å². The van der Waals surface area contributed by atoms with Crippen molar-refractivity contribution in [3.05, 3.63) is 94.7 Å². The Kier molecular flexibility index (Phi) is 5.50. The lowest BCUT2D eigenvalue weighted by molar-refractivity contribution is 0.571. The Bertz CT molecular complexity index is 1440. The molecule has 3 aliphatic rings. The summed E-state index contributed by atoms with van der Waals surface area (Å²) in [7, 11) is 0. The van der Waals surface area contributed by atoms with Crippen LogP contribution in [0.4, 0.5) is 0 Å². The molecule has 0 saturated carbocycles. The fourth-order valence-electron chi connectivity index (χ4n) is 4.52. The molecule has 0 N–H and O–H groups in total. The molecule has 8 heteroatoms. The van der Waals surface area contributed by atoms with Crippen LogP contribution in [0.5, 0.6) is 0 Å². The third kappa shape index (κ3) is 3.84. The van der Waals surface area contributed by atoms with Crippen molar-refractivity contribution in [3.63, 3.8) is 0 Å². The SMILES string of the molecule is O=c1c2c3n(c(SCc4ccc(-n5cccn5)cc4)nc-2nn1-c1ccccc1)CCCCC3. The third-order valence-electron chi connectivity index (χ3n) is 6.24. The highest BCUT2D eigenvalue weighted by atomic mass is 32.2. The summed E-state index contributed by atoms with van der Waals surface area (Å²) in [6.45, 7) is 0.884. The van der Waals surface area contributed by atoms with E-state index in [0.717, 1.165) is 60.2 Å². The number of nitrogens with zero attached hydrogens (tertiary/aromatic N) is 6. The number of para-hydroxylation sites is 1. The first kappa shape index (κ1) is 20.9. The van der Waals surface area contributed by atoms with Crippen LogP contribution in [0.1, 0.15) is 30.5 Å². The van der Waals surface area contributed by atoms with E-state index in [1.807, 2.05) is 47.3 Å². The van der Waals surface area contributed by atoms with E-state index < -0.39 is 0 Å². The van der Waals surface area contributed by atoms with Crippen molar-refractivity contribution in [1.29, 1.82) is 0 Å². The van der Waals surface area contributed by atoms with Crippen LogP contribution in [0.3, 0.4) is 0 Å². The Morgan fingerprint density at radius 3 is 2.56 bits per heavy atom. The summed E-state index contributed by atoms with van der Waals surface area (Å²) < 4.78 is 5.61. The molecule has 4 heterocycles. The highest BCUT2D eigenvalue weighted by Crippen LogP contribution is 2.31. The van der Waals surface area contributed by atoms with Crippen molar-refractivity contribution < 1.29 is 0 Å². The number of hydrogen-bond acceptors (Lipinski definition) is 5. The average molecular weight is 469 g/mol. The minimum absolute atomic E-state index is 0.0786. The van der Waals surface area contributed by atoms with E-state index >= 15 is 0 Å². The van der Waals surface area contributed by atoms with Gasteiger partial charge in [-0.1, -0.05) is 48.5 Å². The molecule has 170 valence electrons. The zero-order valence-electron chi connectivity index (χ0n) is 18.7. The number of rotatable bonds is 5. The molecule has 6 rings (SSSR count). The van der Waals surface area contributed by atoms with Gasteiger partial charge in [-0.25, -0.2) is 9.67 Å². The minimum atomic E-state index is -0.0786. The molecule has 0 aliphatic carbocycles. The molecule has 0 unspecified atom stereocenters. The van der Waals surface area contributed by atoms with Gasteiger partial charge >= 0.3 is 0 Å². The molecule has 2 aromatic carbocycles. The first-order valence-corrected chi connectivity index (χ1v) is 12.6. The summed E-state index contributed by atoms with van der Waals surface area (Å²) in [4.78, 5) is 18.3. The highest BCUT2D eigenvalue weighted by Gasteiger charge is 2.27. The number of benzene rings is 2. The van der Waals surface area contributed by atoms with Crippen molar-refractivity contribution in [3.8, 4) is 22.8 Å². The maximum absolute atomic E-state index is 13.4. The molecule has 34 heavy (non-hydrogen) atoms. The lowest BCUT2D eigenvalue weighted by Crippen LogP contribution is -2.19. The fourth-order valence-corrected chi connectivity index (χ4v) is 5.52. The van der Waals surface area contributed by atoms with Crippen molar-refractivity contribution in [1.82, 2.24) is 29.1 Å². The molecular weight excluding hydrogens is 444 g/mol. The van der Waals surface area contributed by atoms with Crippen LogP contribution < -0.4 is 5.56 Å². The van der Waals surface area contributed by atoms with Gasteiger partial charge < -0.3 is 4.57 Å². The maximum atomic E-state index is 13.4. The quantitative estimate of drug-likeness (QED) is 0.275. The van der Waals surface area contributed by atoms with Gasteiger partial charge in [-0.15, -0.1) is 5.10 Å². The summed E-state index contributed by atoms with van der Waals surface area (Å²) in [6, 6.07) is 19.9. The molecule has 3 aliphatic heterocycles. The lowest BCUT2D eigenvalue weighted by Gasteiger charge is -2.17. The zero-order chi connectivity index (χ0) is 22.9. The van der Waals surface area contributed by atoms with Crippen LogP contribution in [-0.2, 0) is 18.7 Å². The van der Waals surface area contributed by atoms with Gasteiger partial charge in [0.05, 0.1) is 11.4 Å². The molecule has 3 aromatic rings. The zero-order valence-corrected chi connectivity index (χ0v) is 19.5. The van der Waals surface area contributed by atoms with Gasteiger partial charge in [0.1, 0.15) is 5.56 Å². The number of fused-ring (bicyclic) bond motifs is 3. The van der Waals surface area contributed by atoms with E-state index in [1.165, 1.54) is 10.2 Å². The smallest absolute Gasteiger partial charge is 0.284 e. The molecule has 0 atom stereocenters. The monoisotopic (exact) mass is 468 g/mol. The molecule has 0 saturated heterocycles. The molecule has 7 nitrogen and oxygen atoms in total. The second-order valence-corrected chi connectivity index (χ2v) is 9.40. The average Bonchev–Trinajstić information content (AvgIpc) is 3.45. The normalized spacial score (nSPS) is 13.6. The van der Waals surface area contributed by atoms with Crippen molar-refractivity contribution >= 4 is 11.8 Å². The van der Waals surface area contributed by atoms with E-state index in [-0.39, 0.29) is 5.56 Å². The predicted molar refractivity (Wildman–Crippen MR) is 133 cm³/mol. The van der Waals surface area contributed by atoms with Crippen molar-refractivity contribution in [2.45, 2.75) is 43.1 Å². The van der Waals surface area contributed by atoms with E-state index in [4.69, 9.17) is 4.98 Å². The molecule has 1 aromatic heterocycles. The van der Waals surface area contributed by atoms with Crippen LogP contribution in [0.15, 0.2) is 83.0 Å². The summed E-state index contributed by atoms with van der Waals surface area (Å²) >= 11 is 1.70. The van der Waals surface area contributed by atoms with Crippen LogP contribution in [0, 0.1) is 0 Å². The molecule has 0 amide bonds. The second-order valence-electron chi connectivity index (χ2n) is 8.46. The van der Waals surface area contributed by atoms with Crippen LogP contribution in [-0.4, -0.2) is 29.1 Å². The first-order chi connectivity index (χ1) is 16.8. The first-order valence-electron chi connectivity index (χ1n) is 11.6. The van der Waals surface area contributed by atoms with Gasteiger partial charge in [-0.2, -0.15) is 9.78 Å². The molecule has 0 radical (unpaired) electrons. The fraction of sp³-hybridized carbons (Fsp3) is 0.231. The maximum Gasteiger partial charge on any atom is 0.284 e. The van der Waals surface area contributed by atoms with Crippen molar-refractivity contribution in [2.75, 3.05) is 0 Å². The lowest BCUT2D eigenvalue weighted by atomic mass is 10.1. The van der Waals surface area contributed by atoms with E-state index in [1.54, 1.807) is 18.0 Å². The molecule has 0 spiro atoms. The highest BCUT2D eigenvalue weighted by molar-refractivity contribution is 7.98. The van der Waals surface area contributed by atoms with Crippen LogP contribution in [0.25, 0.3) is 22.8 Å². The number of thioether (sulfide) groups is 1. The Morgan fingerprint density at radius 1 is 0.912 bits per heavy atom. The van der Waals surface area contributed by atoms with Gasteiger partial charge in [0.2, 0.25) is 0 Å². The largest absolute Gasteiger partial charge is 0.324 e. The minimum Gasteiger partial charge on any atom is -0.324 e. The van der Waals surface area contributed by atoms with Gasteiger partial charge in [0.15, 0.2) is 11.0 Å². The summed E-state index contributed by atoms with van der Waals surface area (Å²) in [5, 5.41) is 9.85. The van der Waals surface area contributed by atoms with Gasteiger partial charge in [-0.05, 0) is 55.2 Å². The standard InChI is InChI=1S/C26H24N6OS/c33-25-23-22-10-5-2-6-16-30(22)26(28-24(23)29-32(25)21-8-3-1-4-9-21)34-18-19-11-13-20(14-12-19)31-17-7-15-27-31/h1,3-4,7-9,11-15,17H,2,5-6,10,16,18H2. The van der Waals surface area contributed by atoms with Gasteiger partial charge in [0.25, 0.3) is 5.56 Å². The number of aromatic nitrogens is 6. The Balaban J connectivity index is 1.36. The van der Waals surface area contributed by atoms with E-state index in [2.05, 4.69) is 39.0 Å². The topological polar surface area (TPSA) is 70.5 Å². The molecule has 0 bridgehead atoms. The predicted octanol–water partition coefficient (Wildman–Crippen LogP) is 4.74. The summed E-state index contributed by atoms with van der Waals surface area (Å²) in [5.41, 5.74) is 4.68. The van der Waals surface area contributed by atoms with Gasteiger partial charge in [0, 0.05) is 30.4 Å². The Labute approximate surface area is 201 Å². The summed E-state index contributed by atoms with van der Waals surface area (Å²) in [6.07, 6.45) is 7.92. The second kappa shape index (κ2) is 8.95. The molecule has 0 fully saturated rings. The van der Waals surface area contributed by atoms with Gasteiger partial charge in [-0.3, -0.25) is 4.79 Å². The Morgan fingerprint density at radius 2 is 1.76 bits per heavy atom. The van der Waals surface area contributed by atoms with Crippen LogP contribution >= 0.6 is 11.8 Å².